The van der Waals surface area contributed by atoms with Crippen molar-refractivity contribution in [2.24, 2.45) is 0 Å². The van der Waals surface area contributed by atoms with Crippen LogP contribution in [-0.2, 0) is 10.0 Å². The number of benzene rings is 1. The number of likely N-dealkylation sites (N-methyl/N-ethyl adjacent to an activating group) is 1. The zero-order valence-corrected chi connectivity index (χ0v) is 18.7. The van der Waals surface area contributed by atoms with Gasteiger partial charge in [-0.25, -0.2) is 13.4 Å². The first-order valence-corrected chi connectivity index (χ1v) is 12.6. The van der Waals surface area contributed by atoms with Crippen molar-refractivity contribution in [3.8, 4) is 11.4 Å². The number of aromatic amines is 2. The second kappa shape index (κ2) is 7.36. The average Bonchev–Trinajstić information content (AvgIpc) is 3.33. The number of anilines is 2. The summed E-state index contributed by atoms with van der Waals surface area (Å²) >= 11 is 1.35. The Morgan fingerprint density at radius 3 is 2.61 bits per heavy atom. The van der Waals surface area contributed by atoms with Gasteiger partial charge in [0.25, 0.3) is 5.56 Å². The molecule has 0 aliphatic carbocycles. The van der Waals surface area contributed by atoms with Crippen molar-refractivity contribution in [1.29, 1.82) is 0 Å². The molecule has 3 N–H and O–H groups in total. The summed E-state index contributed by atoms with van der Waals surface area (Å²) in [6.45, 7) is 3.90. The molecule has 4 heterocycles. The van der Waals surface area contributed by atoms with Crippen LogP contribution in [0.5, 0.6) is 0 Å². The molecule has 1 saturated heterocycles. The fourth-order valence-electron chi connectivity index (χ4n) is 3.90. The van der Waals surface area contributed by atoms with Gasteiger partial charge in [-0.05, 0) is 36.7 Å². The van der Waals surface area contributed by atoms with Crippen molar-refractivity contribution >= 4 is 54.0 Å². The Labute approximate surface area is 182 Å². The Morgan fingerprint density at radius 1 is 1.10 bits per heavy atom. The minimum atomic E-state index is -3.60. The van der Waals surface area contributed by atoms with E-state index in [4.69, 9.17) is 0 Å². The first-order valence-electron chi connectivity index (χ1n) is 9.83. The third-order valence-electron chi connectivity index (χ3n) is 5.48. The fourth-order valence-corrected chi connectivity index (χ4v) is 5.40. The number of nitrogens with zero attached hydrogens (tertiary/aromatic N) is 3. The number of hydrogen-bond acceptors (Lipinski definition) is 7. The number of hydrogen-bond donors (Lipinski definition) is 3. The number of aromatic nitrogens is 3. The number of thiophene rings is 1. The van der Waals surface area contributed by atoms with Gasteiger partial charge in [0.2, 0.25) is 10.0 Å². The number of pyridine rings is 1. The molecule has 162 valence electrons. The van der Waals surface area contributed by atoms with Crippen LogP contribution in [0.2, 0.25) is 0 Å². The normalized spacial score (nSPS) is 15.7. The maximum absolute atomic E-state index is 12.9. The quantitative estimate of drug-likeness (QED) is 0.432. The SMILES string of the molecule is CN1CCN(c2ccc3nc(-c4c(NS(C)(=O)=O)c5sccc5[nH]c4=O)[nH]c3c2)CC1. The van der Waals surface area contributed by atoms with E-state index in [-0.39, 0.29) is 11.3 Å². The van der Waals surface area contributed by atoms with E-state index in [9.17, 15) is 13.2 Å². The first kappa shape index (κ1) is 20.0. The molecule has 0 atom stereocenters. The molecule has 0 amide bonds. The van der Waals surface area contributed by atoms with E-state index in [1.807, 2.05) is 18.2 Å². The highest BCUT2D eigenvalue weighted by Crippen LogP contribution is 2.34. The molecule has 1 fully saturated rings. The molecular weight excluding hydrogens is 436 g/mol. The lowest BCUT2D eigenvalue weighted by molar-refractivity contribution is 0.313. The number of fused-ring (bicyclic) bond motifs is 2. The Balaban J connectivity index is 1.63. The molecule has 9 nitrogen and oxygen atoms in total. The molecule has 1 aliphatic rings. The first-order chi connectivity index (χ1) is 14.8. The Bertz CT molecular complexity index is 1440. The molecule has 11 heteroatoms. The van der Waals surface area contributed by atoms with Crippen molar-refractivity contribution in [1.82, 2.24) is 19.9 Å². The maximum atomic E-state index is 12.9. The smallest absolute Gasteiger partial charge is 0.261 e. The summed E-state index contributed by atoms with van der Waals surface area (Å²) in [4.78, 5) is 28.2. The monoisotopic (exact) mass is 458 g/mol. The molecular formula is C20H22N6O3S2. The molecule has 1 aliphatic heterocycles. The van der Waals surface area contributed by atoms with Crippen molar-refractivity contribution in [2.45, 2.75) is 0 Å². The van der Waals surface area contributed by atoms with E-state index in [1.165, 1.54) is 11.3 Å². The number of nitrogens with one attached hydrogen (secondary N) is 3. The van der Waals surface area contributed by atoms with Gasteiger partial charge >= 0.3 is 0 Å². The number of piperazine rings is 1. The highest BCUT2D eigenvalue weighted by molar-refractivity contribution is 7.92. The van der Waals surface area contributed by atoms with Gasteiger partial charge < -0.3 is 19.8 Å². The average molecular weight is 459 g/mol. The van der Waals surface area contributed by atoms with Crippen LogP contribution in [0.1, 0.15) is 0 Å². The molecule has 0 saturated carbocycles. The van der Waals surface area contributed by atoms with Crippen LogP contribution >= 0.6 is 11.3 Å². The minimum absolute atomic E-state index is 0.178. The van der Waals surface area contributed by atoms with Crippen LogP contribution in [0.4, 0.5) is 11.4 Å². The van der Waals surface area contributed by atoms with E-state index in [0.29, 0.717) is 21.6 Å². The zero-order chi connectivity index (χ0) is 21.8. The van der Waals surface area contributed by atoms with Gasteiger partial charge in [-0.2, -0.15) is 0 Å². The van der Waals surface area contributed by atoms with Crippen LogP contribution in [0.3, 0.4) is 0 Å². The van der Waals surface area contributed by atoms with Crippen molar-refractivity contribution in [3.63, 3.8) is 0 Å². The van der Waals surface area contributed by atoms with Gasteiger partial charge in [-0.1, -0.05) is 0 Å². The summed E-state index contributed by atoms with van der Waals surface area (Å²) in [6, 6.07) is 7.73. The topological polar surface area (TPSA) is 114 Å². The van der Waals surface area contributed by atoms with Crippen molar-refractivity contribution in [2.75, 3.05) is 49.1 Å². The summed E-state index contributed by atoms with van der Waals surface area (Å²) in [7, 11) is -1.48. The third kappa shape index (κ3) is 3.80. The number of sulfonamides is 1. The maximum Gasteiger partial charge on any atom is 0.261 e. The summed E-state index contributed by atoms with van der Waals surface area (Å²) in [5.74, 6) is 0.327. The Hall–Kier alpha value is -2.89. The molecule has 0 radical (unpaired) electrons. The highest BCUT2D eigenvalue weighted by atomic mass is 32.2. The van der Waals surface area contributed by atoms with Crippen LogP contribution in [-0.4, -0.2) is 67.8 Å². The molecule has 0 bridgehead atoms. The van der Waals surface area contributed by atoms with E-state index < -0.39 is 15.6 Å². The van der Waals surface area contributed by atoms with E-state index in [1.54, 1.807) is 11.4 Å². The largest absolute Gasteiger partial charge is 0.369 e. The fraction of sp³-hybridized carbons (Fsp3) is 0.300. The predicted octanol–water partition coefficient (Wildman–Crippen LogP) is 2.26. The molecule has 1 aromatic carbocycles. The summed E-state index contributed by atoms with van der Waals surface area (Å²) in [6.07, 6.45) is 1.07. The van der Waals surface area contributed by atoms with Gasteiger partial charge in [0, 0.05) is 31.9 Å². The highest BCUT2D eigenvalue weighted by Gasteiger charge is 2.22. The number of rotatable bonds is 4. The van der Waals surface area contributed by atoms with Gasteiger partial charge in [-0.15, -0.1) is 11.3 Å². The minimum Gasteiger partial charge on any atom is -0.369 e. The van der Waals surface area contributed by atoms with Crippen molar-refractivity contribution in [3.05, 3.63) is 40.0 Å². The predicted molar refractivity (Wildman–Crippen MR) is 126 cm³/mol. The van der Waals surface area contributed by atoms with Gasteiger partial charge in [0.1, 0.15) is 11.4 Å². The number of H-pyrrole nitrogens is 2. The second-order valence-corrected chi connectivity index (χ2v) is 10.5. The summed E-state index contributed by atoms with van der Waals surface area (Å²) in [5, 5.41) is 1.80. The van der Waals surface area contributed by atoms with Crippen molar-refractivity contribution < 1.29 is 8.42 Å². The molecule has 0 unspecified atom stereocenters. The lowest BCUT2D eigenvalue weighted by Gasteiger charge is -2.34. The van der Waals surface area contributed by atoms with Gasteiger partial charge in [-0.3, -0.25) is 9.52 Å². The lowest BCUT2D eigenvalue weighted by atomic mass is 10.2. The van der Waals surface area contributed by atoms with Gasteiger partial charge in [0.05, 0.1) is 33.2 Å². The summed E-state index contributed by atoms with van der Waals surface area (Å²) in [5.41, 5.74) is 3.19. The standard InChI is InChI=1S/C20H22N6O3S2/c1-25-6-8-26(9-7-25)12-3-4-13-15(11-12)22-19(21-13)16-17(24-31(2,28)29)18-14(5-10-30-18)23-20(16)27/h3-5,10-11H,6-9H2,1-2H3,(H,21,22)(H2,23,24,27). The molecule has 3 aromatic heterocycles. The van der Waals surface area contributed by atoms with Crippen LogP contribution in [0, 0.1) is 0 Å². The lowest BCUT2D eigenvalue weighted by Crippen LogP contribution is -2.44. The molecule has 4 aromatic rings. The Kier molecular flexibility index (Phi) is 4.76. The molecule has 31 heavy (non-hydrogen) atoms. The van der Waals surface area contributed by atoms with Crippen LogP contribution in [0.15, 0.2) is 34.4 Å². The molecule has 5 rings (SSSR count). The summed E-state index contributed by atoms with van der Waals surface area (Å²) < 4.78 is 27.2. The van der Waals surface area contributed by atoms with E-state index >= 15 is 0 Å². The van der Waals surface area contributed by atoms with Gasteiger partial charge in [0.15, 0.2) is 0 Å². The van der Waals surface area contributed by atoms with E-state index in [2.05, 4.69) is 36.5 Å². The van der Waals surface area contributed by atoms with Crippen LogP contribution in [0.25, 0.3) is 32.6 Å². The third-order valence-corrected chi connectivity index (χ3v) is 6.98. The van der Waals surface area contributed by atoms with Crippen LogP contribution < -0.4 is 15.2 Å². The number of imidazole rings is 1. The second-order valence-electron chi connectivity index (χ2n) is 7.82. The van der Waals surface area contributed by atoms with E-state index in [0.717, 1.165) is 43.6 Å². The zero-order valence-electron chi connectivity index (χ0n) is 17.1. The molecule has 0 spiro atoms. The Morgan fingerprint density at radius 2 is 1.87 bits per heavy atom.